The maximum atomic E-state index is 12.1. The van der Waals surface area contributed by atoms with E-state index in [1.54, 1.807) is 19.3 Å². The van der Waals surface area contributed by atoms with Crippen molar-refractivity contribution < 1.29 is 9.53 Å². The number of hydrogen-bond acceptors (Lipinski definition) is 3. The second-order valence-electron chi connectivity index (χ2n) is 5.57. The number of ether oxygens (including phenoxy) is 1. The van der Waals surface area contributed by atoms with Crippen molar-refractivity contribution in [2.75, 3.05) is 13.2 Å². The van der Waals surface area contributed by atoms with Gasteiger partial charge in [0.2, 0.25) is 5.56 Å². The molecule has 5 nitrogen and oxygen atoms in total. The van der Waals surface area contributed by atoms with Crippen molar-refractivity contribution in [1.29, 1.82) is 0 Å². The summed E-state index contributed by atoms with van der Waals surface area (Å²) in [7, 11) is 1.63. The molecule has 0 fully saturated rings. The lowest BCUT2D eigenvalue weighted by Gasteiger charge is -2.25. The van der Waals surface area contributed by atoms with Gasteiger partial charge in [-0.3, -0.25) is 9.59 Å². The predicted octanol–water partition coefficient (Wildman–Crippen LogP) is 1.37. The zero-order valence-corrected chi connectivity index (χ0v) is 12.4. The van der Waals surface area contributed by atoms with Crippen LogP contribution in [0.2, 0.25) is 0 Å². The Hall–Kier alpha value is -2.56. The number of hydrogen-bond donors (Lipinski definition) is 1. The van der Waals surface area contributed by atoms with E-state index in [9.17, 15) is 9.59 Å². The largest absolute Gasteiger partial charge is 0.493 e. The second-order valence-corrected chi connectivity index (χ2v) is 5.57. The lowest BCUT2D eigenvalue weighted by atomic mass is 9.97. The Balaban J connectivity index is 1.60. The Morgan fingerprint density at radius 2 is 2.14 bits per heavy atom. The minimum Gasteiger partial charge on any atom is -0.493 e. The summed E-state index contributed by atoms with van der Waals surface area (Å²) in [6.45, 7) is 1.15. The summed E-state index contributed by atoms with van der Waals surface area (Å²) < 4.78 is 7.11. The fourth-order valence-corrected chi connectivity index (χ4v) is 2.59. The smallest absolute Gasteiger partial charge is 0.252 e. The highest BCUT2D eigenvalue weighted by Gasteiger charge is 2.20. The molecule has 2 aromatic rings. The molecule has 1 N–H and O–H groups in total. The highest BCUT2D eigenvalue weighted by molar-refractivity contribution is 5.93. The van der Waals surface area contributed by atoms with Gasteiger partial charge in [0.25, 0.3) is 5.91 Å². The Morgan fingerprint density at radius 1 is 1.32 bits per heavy atom. The summed E-state index contributed by atoms with van der Waals surface area (Å²) >= 11 is 0. The van der Waals surface area contributed by atoms with Crippen LogP contribution in [0, 0.1) is 5.92 Å². The number of pyridine rings is 1. The van der Waals surface area contributed by atoms with Gasteiger partial charge in [-0.1, -0.05) is 18.2 Å². The number of aromatic nitrogens is 1. The number of aryl methyl sites for hydroxylation is 1. The van der Waals surface area contributed by atoms with E-state index < -0.39 is 0 Å². The van der Waals surface area contributed by atoms with Crippen molar-refractivity contribution >= 4 is 5.91 Å². The van der Waals surface area contributed by atoms with Gasteiger partial charge in [0, 0.05) is 31.8 Å². The van der Waals surface area contributed by atoms with Gasteiger partial charge in [0.1, 0.15) is 5.75 Å². The molecule has 0 bridgehead atoms. The number of amides is 1. The van der Waals surface area contributed by atoms with Crippen LogP contribution in [0.15, 0.2) is 47.4 Å². The molecule has 1 amide bonds. The summed E-state index contributed by atoms with van der Waals surface area (Å²) in [5.41, 5.74) is 1.53. The summed E-state index contributed by atoms with van der Waals surface area (Å²) in [5.74, 6) is 1.02. The Morgan fingerprint density at radius 3 is 2.95 bits per heavy atom. The molecule has 22 heavy (non-hydrogen) atoms. The molecule has 1 aromatic heterocycles. The SMILES string of the molecule is Cn1cc(C(=O)NCC2COc3ccccc3C2)ccc1=O. The number of benzene rings is 1. The first-order valence-corrected chi connectivity index (χ1v) is 7.29. The maximum Gasteiger partial charge on any atom is 0.252 e. The first kappa shape index (κ1) is 14.4. The van der Waals surface area contributed by atoms with Gasteiger partial charge in [-0.05, 0) is 24.1 Å². The molecule has 1 unspecified atom stereocenters. The number of nitrogens with one attached hydrogen (secondary N) is 1. The first-order chi connectivity index (χ1) is 10.6. The minimum atomic E-state index is -0.172. The van der Waals surface area contributed by atoms with E-state index in [2.05, 4.69) is 11.4 Å². The van der Waals surface area contributed by atoms with E-state index in [-0.39, 0.29) is 17.4 Å². The zero-order valence-electron chi connectivity index (χ0n) is 12.4. The normalized spacial score (nSPS) is 16.5. The summed E-state index contributed by atoms with van der Waals surface area (Å²) in [5, 5.41) is 2.91. The monoisotopic (exact) mass is 298 g/mol. The molecule has 0 spiro atoms. The number of carbonyl (C=O) groups is 1. The molecule has 114 valence electrons. The van der Waals surface area contributed by atoms with Gasteiger partial charge in [0.15, 0.2) is 0 Å². The molecule has 5 heteroatoms. The molecule has 3 rings (SSSR count). The Labute approximate surface area is 128 Å². The topological polar surface area (TPSA) is 60.3 Å². The van der Waals surface area contributed by atoms with Crippen LogP contribution < -0.4 is 15.6 Å². The van der Waals surface area contributed by atoms with Gasteiger partial charge in [-0.2, -0.15) is 0 Å². The first-order valence-electron chi connectivity index (χ1n) is 7.29. The molecule has 1 aromatic carbocycles. The number of nitrogens with zero attached hydrogens (tertiary/aromatic N) is 1. The molecule has 0 saturated carbocycles. The predicted molar refractivity (Wildman–Crippen MR) is 83.1 cm³/mol. The Bertz CT molecular complexity index is 752. The third-order valence-electron chi connectivity index (χ3n) is 3.86. The van der Waals surface area contributed by atoms with Gasteiger partial charge < -0.3 is 14.6 Å². The summed E-state index contributed by atoms with van der Waals surface area (Å²) in [6, 6.07) is 10.9. The van der Waals surface area contributed by atoms with Crippen LogP contribution in [0.3, 0.4) is 0 Å². The number of carbonyl (C=O) groups excluding carboxylic acids is 1. The van der Waals surface area contributed by atoms with Gasteiger partial charge in [-0.15, -0.1) is 0 Å². The highest BCUT2D eigenvalue weighted by Crippen LogP contribution is 2.26. The van der Waals surface area contributed by atoms with E-state index in [4.69, 9.17) is 4.74 Å². The summed E-state index contributed by atoms with van der Waals surface area (Å²) in [4.78, 5) is 23.5. The number of rotatable bonds is 3. The summed E-state index contributed by atoms with van der Waals surface area (Å²) in [6.07, 6.45) is 2.44. The average Bonchev–Trinajstić information content (AvgIpc) is 2.55. The van der Waals surface area contributed by atoms with Gasteiger partial charge >= 0.3 is 0 Å². The van der Waals surface area contributed by atoms with Crippen molar-refractivity contribution in [3.63, 3.8) is 0 Å². The highest BCUT2D eigenvalue weighted by atomic mass is 16.5. The van der Waals surface area contributed by atoms with E-state index in [1.165, 1.54) is 16.2 Å². The molecule has 1 aliphatic rings. The molecular weight excluding hydrogens is 280 g/mol. The van der Waals surface area contributed by atoms with Crippen molar-refractivity contribution in [2.45, 2.75) is 6.42 Å². The lowest BCUT2D eigenvalue weighted by molar-refractivity contribution is 0.0938. The number of fused-ring (bicyclic) bond motifs is 1. The van der Waals surface area contributed by atoms with Crippen molar-refractivity contribution in [2.24, 2.45) is 13.0 Å². The van der Waals surface area contributed by atoms with Gasteiger partial charge in [0.05, 0.1) is 12.2 Å². The average molecular weight is 298 g/mol. The second kappa shape index (κ2) is 6.05. The van der Waals surface area contributed by atoms with Crippen LogP contribution >= 0.6 is 0 Å². The van der Waals surface area contributed by atoms with Gasteiger partial charge in [-0.25, -0.2) is 0 Å². The van der Waals surface area contributed by atoms with Crippen LogP contribution in [0.5, 0.6) is 5.75 Å². The molecular formula is C17H18N2O3. The molecule has 0 saturated heterocycles. The van der Waals surface area contributed by atoms with Crippen molar-refractivity contribution in [3.8, 4) is 5.75 Å². The zero-order chi connectivity index (χ0) is 15.5. The maximum absolute atomic E-state index is 12.1. The van der Waals surface area contributed by atoms with Crippen LogP contribution in [0.4, 0.5) is 0 Å². The molecule has 0 aliphatic carbocycles. The van der Waals surface area contributed by atoms with E-state index in [0.29, 0.717) is 18.7 Å². The molecule has 2 heterocycles. The third-order valence-corrected chi connectivity index (χ3v) is 3.86. The standard InChI is InChI=1S/C17H18N2O3/c1-19-10-14(6-7-16(19)20)17(21)18-9-12-8-13-4-2-3-5-15(13)22-11-12/h2-7,10,12H,8-9,11H2,1H3,(H,18,21). The molecule has 1 aliphatic heterocycles. The fourth-order valence-electron chi connectivity index (χ4n) is 2.59. The molecule has 0 radical (unpaired) electrons. The minimum absolute atomic E-state index is 0.131. The lowest BCUT2D eigenvalue weighted by Crippen LogP contribution is -2.35. The van der Waals surface area contributed by atoms with Crippen molar-refractivity contribution in [1.82, 2.24) is 9.88 Å². The third kappa shape index (κ3) is 3.03. The van der Waals surface area contributed by atoms with Crippen LogP contribution in [-0.2, 0) is 13.5 Å². The van der Waals surface area contributed by atoms with Crippen LogP contribution in [0.25, 0.3) is 0 Å². The van der Waals surface area contributed by atoms with Crippen molar-refractivity contribution in [3.05, 3.63) is 64.1 Å². The molecule has 1 atom stereocenters. The fraction of sp³-hybridized carbons (Fsp3) is 0.294. The van der Waals surface area contributed by atoms with Crippen LogP contribution in [0.1, 0.15) is 15.9 Å². The van der Waals surface area contributed by atoms with E-state index in [1.807, 2.05) is 18.2 Å². The quantitative estimate of drug-likeness (QED) is 0.931. The Kier molecular flexibility index (Phi) is 3.96. The van der Waals surface area contributed by atoms with Crippen LogP contribution in [-0.4, -0.2) is 23.6 Å². The van der Waals surface area contributed by atoms with E-state index >= 15 is 0 Å². The number of para-hydroxylation sites is 1. The van der Waals surface area contributed by atoms with E-state index in [0.717, 1.165) is 12.2 Å².